The highest BCUT2D eigenvalue weighted by Gasteiger charge is 2.31. The van der Waals surface area contributed by atoms with Gasteiger partial charge in [-0.3, -0.25) is 0 Å². The largest absolute Gasteiger partial charge is 0.491 e. The lowest BCUT2D eigenvalue weighted by Crippen LogP contribution is -2.46. The summed E-state index contributed by atoms with van der Waals surface area (Å²) in [4.78, 5) is 0. The van der Waals surface area contributed by atoms with Crippen LogP contribution in [0.15, 0.2) is 24.3 Å². The van der Waals surface area contributed by atoms with Gasteiger partial charge in [-0.1, -0.05) is 6.07 Å². The average molecular weight is 211 g/mol. The molecule has 2 N–H and O–H groups in total. The zero-order valence-electron chi connectivity index (χ0n) is 8.41. The molecular formula is C11H14FNO2. The standard InChI is InChI=1S/C11H14FNO2/c12-9-2-1-3-10(6-9)15-8-11(13)4-5-14-7-11/h1-3,6H,4-5,7-8,13H2. The van der Waals surface area contributed by atoms with Crippen molar-refractivity contribution >= 4 is 0 Å². The van der Waals surface area contributed by atoms with E-state index in [2.05, 4.69) is 0 Å². The molecule has 0 saturated carbocycles. The number of hydrogen-bond acceptors (Lipinski definition) is 3. The highest BCUT2D eigenvalue weighted by molar-refractivity contribution is 5.22. The molecule has 0 bridgehead atoms. The Bertz CT molecular complexity index is 337. The Balaban J connectivity index is 1.92. The van der Waals surface area contributed by atoms with Crippen molar-refractivity contribution < 1.29 is 13.9 Å². The molecule has 1 atom stereocenters. The SMILES string of the molecule is NC1(COc2cccc(F)c2)CCOC1. The van der Waals surface area contributed by atoms with Gasteiger partial charge in [0.05, 0.1) is 12.1 Å². The molecule has 0 amide bonds. The normalized spacial score (nSPS) is 25.5. The second-order valence-electron chi connectivity index (χ2n) is 3.91. The van der Waals surface area contributed by atoms with E-state index in [4.69, 9.17) is 15.2 Å². The summed E-state index contributed by atoms with van der Waals surface area (Å²) in [6.07, 6.45) is 0.780. The van der Waals surface area contributed by atoms with E-state index in [9.17, 15) is 4.39 Å². The first kappa shape index (κ1) is 10.4. The fourth-order valence-corrected chi connectivity index (χ4v) is 1.52. The molecule has 15 heavy (non-hydrogen) atoms. The summed E-state index contributed by atoms with van der Waals surface area (Å²) >= 11 is 0. The van der Waals surface area contributed by atoms with Gasteiger partial charge in [0, 0.05) is 12.7 Å². The topological polar surface area (TPSA) is 44.5 Å². The third-order valence-corrected chi connectivity index (χ3v) is 2.46. The third kappa shape index (κ3) is 2.67. The monoisotopic (exact) mass is 211 g/mol. The third-order valence-electron chi connectivity index (χ3n) is 2.46. The lowest BCUT2D eigenvalue weighted by atomic mass is 10.0. The van der Waals surface area contributed by atoms with Crippen LogP contribution in [0.1, 0.15) is 6.42 Å². The molecule has 1 saturated heterocycles. The van der Waals surface area contributed by atoms with E-state index < -0.39 is 5.54 Å². The minimum Gasteiger partial charge on any atom is -0.491 e. The van der Waals surface area contributed by atoms with E-state index in [-0.39, 0.29) is 5.82 Å². The molecule has 0 spiro atoms. The van der Waals surface area contributed by atoms with Gasteiger partial charge < -0.3 is 15.2 Å². The van der Waals surface area contributed by atoms with E-state index in [0.29, 0.717) is 25.6 Å². The zero-order valence-corrected chi connectivity index (χ0v) is 8.41. The Morgan fingerprint density at radius 1 is 1.53 bits per heavy atom. The molecule has 2 rings (SSSR count). The first-order valence-electron chi connectivity index (χ1n) is 4.93. The highest BCUT2D eigenvalue weighted by Crippen LogP contribution is 2.18. The second kappa shape index (κ2) is 4.16. The summed E-state index contributed by atoms with van der Waals surface area (Å²) in [5.41, 5.74) is 5.58. The van der Waals surface area contributed by atoms with Gasteiger partial charge in [0.1, 0.15) is 18.2 Å². The number of hydrogen-bond donors (Lipinski definition) is 1. The maximum atomic E-state index is 12.8. The quantitative estimate of drug-likeness (QED) is 0.820. The second-order valence-corrected chi connectivity index (χ2v) is 3.91. The van der Waals surface area contributed by atoms with Crippen LogP contribution in [-0.2, 0) is 4.74 Å². The predicted molar refractivity (Wildman–Crippen MR) is 54.2 cm³/mol. The van der Waals surface area contributed by atoms with Gasteiger partial charge in [-0.05, 0) is 18.6 Å². The average Bonchev–Trinajstić information content (AvgIpc) is 2.63. The lowest BCUT2D eigenvalue weighted by Gasteiger charge is -2.21. The van der Waals surface area contributed by atoms with Crippen LogP contribution in [0.3, 0.4) is 0 Å². The van der Waals surface area contributed by atoms with Gasteiger partial charge in [-0.25, -0.2) is 4.39 Å². The van der Waals surface area contributed by atoms with Crippen LogP contribution in [0.25, 0.3) is 0 Å². The first-order chi connectivity index (χ1) is 7.18. The number of nitrogens with two attached hydrogens (primary N) is 1. The van der Waals surface area contributed by atoms with Gasteiger partial charge in [0.15, 0.2) is 0 Å². The van der Waals surface area contributed by atoms with Gasteiger partial charge in [-0.15, -0.1) is 0 Å². The van der Waals surface area contributed by atoms with Crippen LogP contribution < -0.4 is 10.5 Å². The van der Waals surface area contributed by atoms with Crippen LogP contribution in [0.4, 0.5) is 4.39 Å². The molecule has 4 heteroatoms. The van der Waals surface area contributed by atoms with Gasteiger partial charge in [0.2, 0.25) is 0 Å². The maximum Gasteiger partial charge on any atom is 0.126 e. The molecule has 1 aromatic rings. The lowest BCUT2D eigenvalue weighted by molar-refractivity contribution is 0.151. The van der Waals surface area contributed by atoms with E-state index in [1.54, 1.807) is 12.1 Å². The van der Waals surface area contributed by atoms with Crippen LogP contribution in [0.5, 0.6) is 5.75 Å². The molecule has 1 heterocycles. The zero-order chi connectivity index (χ0) is 10.7. The van der Waals surface area contributed by atoms with E-state index in [1.807, 2.05) is 0 Å². The minimum absolute atomic E-state index is 0.304. The summed E-state index contributed by atoms with van der Waals surface area (Å²) in [5.74, 6) is 0.202. The van der Waals surface area contributed by atoms with Crippen LogP contribution in [-0.4, -0.2) is 25.4 Å². The number of ether oxygens (including phenoxy) is 2. The van der Waals surface area contributed by atoms with Crippen molar-refractivity contribution in [2.45, 2.75) is 12.0 Å². The van der Waals surface area contributed by atoms with Crippen molar-refractivity contribution in [3.63, 3.8) is 0 Å². The summed E-state index contributed by atoms with van der Waals surface area (Å²) < 4.78 is 23.4. The van der Waals surface area contributed by atoms with Crippen LogP contribution in [0.2, 0.25) is 0 Å². The fourth-order valence-electron chi connectivity index (χ4n) is 1.52. The van der Waals surface area contributed by atoms with Gasteiger partial charge in [0.25, 0.3) is 0 Å². The highest BCUT2D eigenvalue weighted by atomic mass is 19.1. The maximum absolute atomic E-state index is 12.8. The van der Waals surface area contributed by atoms with Crippen molar-refractivity contribution in [2.75, 3.05) is 19.8 Å². The minimum atomic E-state index is -0.424. The Kier molecular flexibility index (Phi) is 2.88. The Labute approximate surface area is 88.0 Å². The Morgan fingerprint density at radius 2 is 2.40 bits per heavy atom. The van der Waals surface area contributed by atoms with Crippen molar-refractivity contribution in [3.8, 4) is 5.75 Å². The number of benzene rings is 1. The van der Waals surface area contributed by atoms with Crippen LogP contribution in [0, 0.1) is 5.82 Å². The summed E-state index contributed by atoms with van der Waals surface area (Å²) in [7, 11) is 0. The number of rotatable bonds is 3. The Morgan fingerprint density at radius 3 is 3.07 bits per heavy atom. The molecule has 82 valence electrons. The smallest absolute Gasteiger partial charge is 0.126 e. The predicted octanol–water partition coefficient (Wildman–Crippen LogP) is 1.32. The summed E-state index contributed by atoms with van der Waals surface area (Å²) in [6, 6.07) is 6.05. The van der Waals surface area contributed by atoms with Crippen LogP contribution >= 0.6 is 0 Å². The number of halogens is 1. The van der Waals surface area contributed by atoms with Crippen molar-refractivity contribution in [3.05, 3.63) is 30.1 Å². The molecule has 1 fully saturated rings. The first-order valence-corrected chi connectivity index (χ1v) is 4.93. The van der Waals surface area contributed by atoms with Crippen molar-refractivity contribution in [1.29, 1.82) is 0 Å². The molecule has 0 radical (unpaired) electrons. The van der Waals surface area contributed by atoms with Crippen molar-refractivity contribution in [1.82, 2.24) is 0 Å². The fraction of sp³-hybridized carbons (Fsp3) is 0.455. The van der Waals surface area contributed by atoms with Gasteiger partial charge >= 0.3 is 0 Å². The molecular weight excluding hydrogens is 197 g/mol. The Hall–Kier alpha value is -1.13. The molecule has 0 aliphatic carbocycles. The molecule has 1 unspecified atom stereocenters. The molecule has 3 nitrogen and oxygen atoms in total. The molecule has 0 aromatic heterocycles. The molecule has 1 aliphatic heterocycles. The van der Waals surface area contributed by atoms with E-state index in [1.165, 1.54) is 12.1 Å². The van der Waals surface area contributed by atoms with E-state index >= 15 is 0 Å². The summed E-state index contributed by atoms with van der Waals surface area (Å²) in [5, 5.41) is 0. The van der Waals surface area contributed by atoms with Gasteiger partial charge in [-0.2, -0.15) is 0 Å². The van der Waals surface area contributed by atoms with E-state index in [0.717, 1.165) is 6.42 Å². The molecule has 1 aliphatic rings. The summed E-state index contributed by atoms with van der Waals surface area (Å²) in [6.45, 7) is 1.53. The van der Waals surface area contributed by atoms with Crippen molar-refractivity contribution in [2.24, 2.45) is 5.73 Å². The molecule has 1 aromatic carbocycles.